The van der Waals surface area contributed by atoms with Crippen molar-refractivity contribution in [3.63, 3.8) is 0 Å². The fraction of sp³-hybridized carbons (Fsp3) is 0.222. The van der Waals surface area contributed by atoms with Crippen LogP contribution in [-0.4, -0.2) is 0 Å². The van der Waals surface area contributed by atoms with Crippen LogP contribution in [0, 0.1) is 11.3 Å². The number of rotatable bonds is 2. The molecule has 0 heterocycles. The number of hydrogen-bond acceptors (Lipinski definition) is 2. The summed E-state index contributed by atoms with van der Waals surface area (Å²) >= 11 is 11.6. The summed E-state index contributed by atoms with van der Waals surface area (Å²) in [6, 6.07) is 6.72. The Hall–Kier alpha value is -0.750. The largest absolute Gasteiger partial charge is 0.323 e. The normalized spacial score (nSPS) is 12.2. The van der Waals surface area contributed by atoms with Gasteiger partial charge in [0.05, 0.1) is 12.5 Å². The van der Waals surface area contributed by atoms with Crippen LogP contribution in [0.3, 0.4) is 0 Å². The lowest BCUT2D eigenvalue weighted by molar-refractivity contribution is 0.749. The van der Waals surface area contributed by atoms with Crippen molar-refractivity contribution in [2.45, 2.75) is 12.5 Å². The molecule has 0 radical (unpaired) electrons. The molecule has 0 saturated carbocycles. The fourth-order valence-corrected chi connectivity index (χ4v) is 1.56. The highest BCUT2D eigenvalue weighted by molar-refractivity contribution is 6.35. The highest BCUT2D eigenvalue weighted by atomic mass is 35.5. The van der Waals surface area contributed by atoms with E-state index in [0.717, 1.165) is 5.56 Å². The first kappa shape index (κ1) is 10.3. The molecule has 0 saturated heterocycles. The van der Waals surface area contributed by atoms with Crippen LogP contribution in [0.5, 0.6) is 0 Å². The highest BCUT2D eigenvalue weighted by Crippen LogP contribution is 2.26. The molecule has 0 aliphatic carbocycles. The molecular weight excluding hydrogens is 207 g/mol. The second kappa shape index (κ2) is 4.48. The van der Waals surface area contributed by atoms with Crippen molar-refractivity contribution in [3.8, 4) is 6.07 Å². The quantitative estimate of drug-likeness (QED) is 0.824. The van der Waals surface area contributed by atoms with Gasteiger partial charge < -0.3 is 5.73 Å². The average Bonchev–Trinajstić information content (AvgIpc) is 2.04. The molecule has 13 heavy (non-hydrogen) atoms. The molecule has 0 amide bonds. The molecule has 1 aromatic rings. The maximum atomic E-state index is 8.44. The smallest absolute Gasteiger partial charge is 0.0641 e. The zero-order valence-electron chi connectivity index (χ0n) is 6.80. The van der Waals surface area contributed by atoms with E-state index in [2.05, 4.69) is 0 Å². The van der Waals surface area contributed by atoms with E-state index in [1.807, 2.05) is 6.07 Å². The van der Waals surface area contributed by atoms with Gasteiger partial charge in [-0.05, 0) is 17.7 Å². The van der Waals surface area contributed by atoms with Crippen LogP contribution in [-0.2, 0) is 0 Å². The van der Waals surface area contributed by atoms with E-state index in [0.29, 0.717) is 10.0 Å². The SMILES string of the molecule is N#CC[C@H](N)c1ccc(Cl)cc1Cl. The minimum atomic E-state index is -0.338. The minimum absolute atomic E-state index is 0.251. The summed E-state index contributed by atoms with van der Waals surface area (Å²) in [5.74, 6) is 0. The third-order valence-corrected chi connectivity index (χ3v) is 2.24. The summed E-state index contributed by atoms with van der Waals surface area (Å²) in [6.07, 6.45) is 0.251. The van der Waals surface area contributed by atoms with Crippen molar-refractivity contribution >= 4 is 23.2 Å². The maximum absolute atomic E-state index is 8.44. The van der Waals surface area contributed by atoms with Gasteiger partial charge in [-0.25, -0.2) is 0 Å². The van der Waals surface area contributed by atoms with Crippen LogP contribution in [0.4, 0.5) is 0 Å². The zero-order chi connectivity index (χ0) is 9.84. The van der Waals surface area contributed by atoms with Crippen molar-refractivity contribution in [2.24, 2.45) is 5.73 Å². The second-order valence-corrected chi connectivity index (χ2v) is 3.48. The third kappa shape index (κ3) is 2.60. The van der Waals surface area contributed by atoms with Gasteiger partial charge in [0, 0.05) is 16.1 Å². The molecule has 0 aromatic heterocycles. The molecule has 2 N–H and O–H groups in total. The first-order valence-electron chi connectivity index (χ1n) is 3.72. The van der Waals surface area contributed by atoms with Gasteiger partial charge in [-0.2, -0.15) is 5.26 Å². The van der Waals surface area contributed by atoms with Crippen molar-refractivity contribution in [3.05, 3.63) is 33.8 Å². The lowest BCUT2D eigenvalue weighted by atomic mass is 10.1. The number of nitriles is 1. The highest BCUT2D eigenvalue weighted by Gasteiger charge is 2.09. The van der Waals surface area contributed by atoms with Gasteiger partial charge in [-0.15, -0.1) is 0 Å². The Labute approximate surface area is 86.9 Å². The van der Waals surface area contributed by atoms with Crippen molar-refractivity contribution < 1.29 is 0 Å². The van der Waals surface area contributed by atoms with Crippen LogP contribution in [0.1, 0.15) is 18.0 Å². The summed E-state index contributed by atoms with van der Waals surface area (Å²) in [5.41, 5.74) is 6.46. The van der Waals surface area contributed by atoms with Crippen LogP contribution >= 0.6 is 23.2 Å². The molecule has 0 aliphatic rings. The van der Waals surface area contributed by atoms with Gasteiger partial charge in [0.1, 0.15) is 0 Å². The van der Waals surface area contributed by atoms with E-state index in [4.69, 9.17) is 34.2 Å². The van der Waals surface area contributed by atoms with Crippen LogP contribution in [0.25, 0.3) is 0 Å². The Kier molecular flexibility index (Phi) is 3.56. The van der Waals surface area contributed by atoms with Crippen LogP contribution < -0.4 is 5.73 Å². The van der Waals surface area contributed by atoms with Crippen LogP contribution in [0.15, 0.2) is 18.2 Å². The van der Waals surface area contributed by atoms with E-state index < -0.39 is 0 Å². The topological polar surface area (TPSA) is 49.8 Å². The van der Waals surface area contributed by atoms with Gasteiger partial charge in [0.25, 0.3) is 0 Å². The monoisotopic (exact) mass is 214 g/mol. The molecule has 2 nitrogen and oxygen atoms in total. The fourth-order valence-electron chi connectivity index (χ4n) is 1.01. The minimum Gasteiger partial charge on any atom is -0.323 e. The van der Waals surface area contributed by atoms with Gasteiger partial charge in [-0.3, -0.25) is 0 Å². The molecule has 0 spiro atoms. The molecule has 0 aliphatic heterocycles. The lowest BCUT2D eigenvalue weighted by Crippen LogP contribution is -2.09. The standard InChI is InChI=1S/C9H8Cl2N2/c10-6-1-2-7(8(11)5-6)9(13)3-4-12/h1-2,5,9H,3,13H2/t9-/m0/s1. The number of hydrogen-bond donors (Lipinski definition) is 1. The van der Waals surface area contributed by atoms with Crippen molar-refractivity contribution in [1.29, 1.82) is 5.26 Å². The summed E-state index contributed by atoms with van der Waals surface area (Å²) in [4.78, 5) is 0. The number of nitrogens with zero attached hydrogens (tertiary/aromatic N) is 1. The van der Waals surface area contributed by atoms with Crippen LogP contribution in [0.2, 0.25) is 10.0 Å². The molecule has 0 fully saturated rings. The number of benzene rings is 1. The van der Waals surface area contributed by atoms with E-state index in [-0.39, 0.29) is 12.5 Å². The Bertz CT molecular complexity index is 344. The van der Waals surface area contributed by atoms with E-state index in [1.165, 1.54) is 0 Å². The average molecular weight is 215 g/mol. The molecule has 1 aromatic carbocycles. The first-order chi connectivity index (χ1) is 6.15. The van der Waals surface area contributed by atoms with Gasteiger partial charge in [0.2, 0.25) is 0 Å². The summed E-state index contributed by atoms with van der Waals surface area (Å²) < 4.78 is 0. The van der Waals surface area contributed by atoms with E-state index in [1.54, 1.807) is 18.2 Å². The van der Waals surface area contributed by atoms with E-state index in [9.17, 15) is 0 Å². The maximum Gasteiger partial charge on any atom is 0.0641 e. The summed E-state index contributed by atoms with van der Waals surface area (Å²) in [6.45, 7) is 0. The zero-order valence-corrected chi connectivity index (χ0v) is 8.31. The Morgan fingerprint density at radius 2 is 2.15 bits per heavy atom. The summed E-state index contributed by atoms with van der Waals surface area (Å²) in [7, 11) is 0. The number of halogens is 2. The lowest BCUT2D eigenvalue weighted by Gasteiger charge is -2.09. The Morgan fingerprint density at radius 1 is 1.46 bits per heavy atom. The Balaban J connectivity index is 2.96. The molecule has 4 heteroatoms. The predicted molar refractivity (Wildman–Crippen MR) is 53.6 cm³/mol. The second-order valence-electron chi connectivity index (χ2n) is 2.63. The molecule has 68 valence electrons. The van der Waals surface area contributed by atoms with Gasteiger partial charge >= 0.3 is 0 Å². The number of nitrogens with two attached hydrogens (primary N) is 1. The van der Waals surface area contributed by atoms with Crippen molar-refractivity contribution in [1.82, 2.24) is 0 Å². The first-order valence-corrected chi connectivity index (χ1v) is 4.48. The molecular formula is C9H8Cl2N2. The van der Waals surface area contributed by atoms with Crippen molar-refractivity contribution in [2.75, 3.05) is 0 Å². The van der Waals surface area contributed by atoms with Gasteiger partial charge in [0.15, 0.2) is 0 Å². The molecule has 0 unspecified atom stereocenters. The van der Waals surface area contributed by atoms with Gasteiger partial charge in [-0.1, -0.05) is 29.3 Å². The third-order valence-electron chi connectivity index (χ3n) is 1.67. The summed E-state index contributed by atoms with van der Waals surface area (Å²) in [5, 5.41) is 9.52. The molecule has 1 rings (SSSR count). The molecule has 0 bridgehead atoms. The van der Waals surface area contributed by atoms with E-state index >= 15 is 0 Å². The Morgan fingerprint density at radius 3 is 2.69 bits per heavy atom. The predicted octanol–water partition coefficient (Wildman–Crippen LogP) is 2.91. The molecule has 1 atom stereocenters.